The van der Waals surface area contributed by atoms with E-state index in [0.29, 0.717) is 38.2 Å². The summed E-state index contributed by atoms with van der Waals surface area (Å²) in [6.45, 7) is 5.31. The summed E-state index contributed by atoms with van der Waals surface area (Å²) in [6, 6.07) is 5.03. The summed E-state index contributed by atoms with van der Waals surface area (Å²) in [5, 5.41) is 0. The second kappa shape index (κ2) is 7.79. The van der Waals surface area contributed by atoms with Crippen molar-refractivity contribution in [3.63, 3.8) is 0 Å². The second-order valence-corrected chi connectivity index (χ2v) is 6.15. The molecule has 0 spiro atoms. The minimum atomic E-state index is -4.52. The van der Waals surface area contributed by atoms with Crippen molar-refractivity contribution < 1.29 is 22.8 Å². The molecular formula is C19H17F3N4O2. The Hall–Kier alpha value is -3.23. The number of piperazine rings is 1. The van der Waals surface area contributed by atoms with E-state index in [1.165, 1.54) is 12.3 Å². The van der Waals surface area contributed by atoms with E-state index in [0.717, 1.165) is 12.1 Å². The Morgan fingerprint density at radius 1 is 1.07 bits per heavy atom. The molecule has 0 aliphatic carbocycles. The van der Waals surface area contributed by atoms with Gasteiger partial charge in [0.1, 0.15) is 11.5 Å². The summed E-state index contributed by atoms with van der Waals surface area (Å²) in [7, 11) is 0. The van der Waals surface area contributed by atoms with Gasteiger partial charge in [0, 0.05) is 38.6 Å². The van der Waals surface area contributed by atoms with E-state index in [1.807, 2.05) is 4.90 Å². The number of hydrogen-bond acceptors (Lipinski definition) is 5. The molecule has 0 bridgehead atoms. The van der Waals surface area contributed by atoms with Gasteiger partial charge in [0.15, 0.2) is 0 Å². The summed E-state index contributed by atoms with van der Waals surface area (Å²) in [5.74, 6) is -0.257. The molecule has 0 N–H and O–H groups in total. The fourth-order valence-electron chi connectivity index (χ4n) is 2.93. The number of carbonyl (C=O) groups is 2. The van der Waals surface area contributed by atoms with Crippen molar-refractivity contribution in [3.05, 3.63) is 66.1 Å². The van der Waals surface area contributed by atoms with E-state index in [-0.39, 0.29) is 17.2 Å². The molecule has 0 aromatic carbocycles. The number of nitrogens with zero attached hydrogens (tertiary/aromatic N) is 4. The molecule has 6 nitrogen and oxygen atoms in total. The van der Waals surface area contributed by atoms with Crippen LogP contribution < -0.4 is 4.90 Å². The molecule has 9 heteroatoms. The zero-order valence-electron chi connectivity index (χ0n) is 14.8. The first-order valence-electron chi connectivity index (χ1n) is 8.50. The van der Waals surface area contributed by atoms with E-state index in [2.05, 4.69) is 16.5 Å². The van der Waals surface area contributed by atoms with Crippen LogP contribution >= 0.6 is 0 Å². The van der Waals surface area contributed by atoms with Crippen LogP contribution in [0.15, 0.2) is 49.3 Å². The van der Waals surface area contributed by atoms with Gasteiger partial charge >= 0.3 is 6.18 Å². The van der Waals surface area contributed by atoms with Crippen LogP contribution in [-0.4, -0.2) is 52.7 Å². The number of anilines is 1. The zero-order chi connectivity index (χ0) is 20.3. The average molecular weight is 390 g/mol. The Morgan fingerprint density at radius 3 is 2.36 bits per heavy atom. The van der Waals surface area contributed by atoms with Crippen molar-refractivity contribution in [1.29, 1.82) is 0 Å². The van der Waals surface area contributed by atoms with Gasteiger partial charge in [0.25, 0.3) is 0 Å². The van der Waals surface area contributed by atoms with Gasteiger partial charge in [-0.3, -0.25) is 14.6 Å². The SMILES string of the molecule is C=CC(=O)N1CCN(c2ncccc2C(=O)c2ccc(C(F)(F)F)cn2)CC1. The molecule has 0 radical (unpaired) electrons. The van der Waals surface area contributed by atoms with Crippen LogP contribution in [0.5, 0.6) is 0 Å². The van der Waals surface area contributed by atoms with E-state index in [4.69, 9.17) is 0 Å². The Labute approximate surface area is 159 Å². The molecule has 1 fully saturated rings. The summed E-state index contributed by atoms with van der Waals surface area (Å²) in [6.07, 6.45) is -1.09. The Morgan fingerprint density at radius 2 is 1.79 bits per heavy atom. The van der Waals surface area contributed by atoms with E-state index >= 15 is 0 Å². The third-order valence-electron chi connectivity index (χ3n) is 4.42. The topological polar surface area (TPSA) is 66.4 Å². The lowest BCUT2D eigenvalue weighted by molar-refractivity contribution is -0.137. The van der Waals surface area contributed by atoms with Crippen LogP contribution in [0.2, 0.25) is 0 Å². The predicted octanol–water partition coefficient (Wildman–Crippen LogP) is 2.56. The number of rotatable bonds is 4. The molecule has 2 aromatic rings. The van der Waals surface area contributed by atoms with Crippen molar-refractivity contribution in [3.8, 4) is 0 Å². The number of amides is 1. The number of aromatic nitrogens is 2. The first-order chi connectivity index (χ1) is 13.3. The van der Waals surface area contributed by atoms with Crippen LogP contribution in [0.25, 0.3) is 0 Å². The highest BCUT2D eigenvalue weighted by Gasteiger charge is 2.31. The number of ketones is 1. The van der Waals surface area contributed by atoms with Gasteiger partial charge < -0.3 is 9.80 Å². The predicted molar refractivity (Wildman–Crippen MR) is 95.9 cm³/mol. The lowest BCUT2D eigenvalue weighted by Crippen LogP contribution is -2.48. The van der Waals surface area contributed by atoms with Crippen LogP contribution in [0.1, 0.15) is 21.6 Å². The molecule has 1 saturated heterocycles. The molecule has 1 amide bonds. The molecule has 0 atom stereocenters. The first kappa shape index (κ1) is 19.5. The highest BCUT2D eigenvalue weighted by molar-refractivity contribution is 6.10. The average Bonchev–Trinajstić information content (AvgIpc) is 2.72. The number of carbonyl (C=O) groups excluding carboxylic acids is 2. The minimum absolute atomic E-state index is 0.0947. The van der Waals surface area contributed by atoms with E-state index < -0.39 is 17.5 Å². The lowest BCUT2D eigenvalue weighted by atomic mass is 10.1. The number of pyridine rings is 2. The van der Waals surface area contributed by atoms with Crippen molar-refractivity contribution in [2.24, 2.45) is 0 Å². The smallest absolute Gasteiger partial charge is 0.352 e. The van der Waals surface area contributed by atoms with Crippen LogP contribution in [0.4, 0.5) is 19.0 Å². The van der Waals surface area contributed by atoms with Gasteiger partial charge in [0.2, 0.25) is 11.7 Å². The van der Waals surface area contributed by atoms with Crippen molar-refractivity contribution in [1.82, 2.24) is 14.9 Å². The molecule has 2 aromatic heterocycles. The Kier molecular flexibility index (Phi) is 5.43. The Bertz CT molecular complexity index is 889. The van der Waals surface area contributed by atoms with E-state index in [9.17, 15) is 22.8 Å². The second-order valence-electron chi connectivity index (χ2n) is 6.15. The number of alkyl halides is 3. The van der Waals surface area contributed by atoms with Crippen molar-refractivity contribution >= 4 is 17.5 Å². The molecule has 28 heavy (non-hydrogen) atoms. The molecule has 0 unspecified atom stereocenters. The highest BCUT2D eigenvalue weighted by atomic mass is 19.4. The fourth-order valence-corrected chi connectivity index (χ4v) is 2.93. The van der Waals surface area contributed by atoms with Gasteiger partial charge in [-0.25, -0.2) is 4.98 Å². The highest BCUT2D eigenvalue weighted by Crippen LogP contribution is 2.29. The van der Waals surface area contributed by atoms with Crippen molar-refractivity contribution in [2.75, 3.05) is 31.1 Å². The molecule has 3 rings (SSSR count). The quantitative estimate of drug-likeness (QED) is 0.593. The zero-order valence-corrected chi connectivity index (χ0v) is 14.8. The van der Waals surface area contributed by atoms with Gasteiger partial charge in [-0.1, -0.05) is 6.58 Å². The maximum Gasteiger partial charge on any atom is 0.417 e. The number of hydrogen-bond donors (Lipinski definition) is 0. The number of halogens is 3. The van der Waals surface area contributed by atoms with E-state index in [1.54, 1.807) is 17.0 Å². The standard InChI is InChI=1S/C19H17F3N4O2/c1-2-16(27)25-8-10-26(11-9-25)18-14(4-3-7-23-18)17(28)15-6-5-13(12-24-15)19(20,21)22/h2-7,12H,1,8-11H2. The molecule has 1 aliphatic heterocycles. The first-order valence-corrected chi connectivity index (χ1v) is 8.50. The van der Waals surface area contributed by atoms with Gasteiger partial charge in [-0.15, -0.1) is 0 Å². The minimum Gasteiger partial charge on any atom is -0.352 e. The molecule has 1 aliphatic rings. The van der Waals surface area contributed by atoms with Gasteiger partial charge in [-0.05, 0) is 30.3 Å². The monoisotopic (exact) mass is 390 g/mol. The van der Waals surface area contributed by atoms with Crippen LogP contribution in [0.3, 0.4) is 0 Å². The van der Waals surface area contributed by atoms with Crippen LogP contribution in [0, 0.1) is 0 Å². The summed E-state index contributed by atoms with van der Waals surface area (Å²) in [5.41, 5.74) is -0.764. The third kappa shape index (κ3) is 4.03. The third-order valence-corrected chi connectivity index (χ3v) is 4.42. The Balaban J connectivity index is 1.82. The van der Waals surface area contributed by atoms with Gasteiger partial charge in [-0.2, -0.15) is 13.2 Å². The summed E-state index contributed by atoms with van der Waals surface area (Å²) in [4.78, 5) is 36.0. The molecule has 146 valence electrons. The maximum atomic E-state index is 12.8. The van der Waals surface area contributed by atoms with Gasteiger partial charge in [0.05, 0.1) is 11.1 Å². The lowest BCUT2D eigenvalue weighted by Gasteiger charge is -2.35. The van der Waals surface area contributed by atoms with Crippen molar-refractivity contribution in [2.45, 2.75) is 6.18 Å². The largest absolute Gasteiger partial charge is 0.417 e. The fraction of sp³-hybridized carbons (Fsp3) is 0.263. The summed E-state index contributed by atoms with van der Waals surface area (Å²) < 4.78 is 38.1. The molecular weight excluding hydrogens is 373 g/mol. The normalized spacial score (nSPS) is 14.7. The molecule has 0 saturated carbocycles. The maximum absolute atomic E-state index is 12.8. The molecule has 3 heterocycles. The van der Waals surface area contributed by atoms with Crippen LogP contribution in [-0.2, 0) is 11.0 Å². The summed E-state index contributed by atoms with van der Waals surface area (Å²) >= 11 is 0.